The summed E-state index contributed by atoms with van der Waals surface area (Å²) in [4.78, 5) is 29.1. The second kappa shape index (κ2) is 10.5. The van der Waals surface area contributed by atoms with E-state index in [9.17, 15) is 9.59 Å². The third-order valence-electron chi connectivity index (χ3n) is 6.01. The number of methoxy groups -OCH3 is 1. The molecule has 5 rings (SSSR count). The van der Waals surface area contributed by atoms with Crippen molar-refractivity contribution in [2.24, 2.45) is 5.73 Å². The smallest absolute Gasteiger partial charge is 0.255 e. The van der Waals surface area contributed by atoms with Crippen LogP contribution in [-0.2, 0) is 0 Å². The lowest BCUT2D eigenvalue weighted by Gasteiger charge is -2.12. The van der Waals surface area contributed by atoms with Gasteiger partial charge in [-0.15, -0.1) is 0 Å². The highest BCUT2D eigenvalue weighted by Gasteiger charge is 2.15. The van der Waals surface area contributed by atoms with Gasteiger partial charge in [0.2, 0.25) is 0 Å². The average Bonchev–Trinajstić information content (AvgIpc) is 2.93. The van der Waals surface area contributed by atoms with Crippen LogP contribution in [0, 0.1) is 0 Å². The van der Waals surface area contributed by atoms with Crippen LogP contribution in [0.25, 0.3) is 21.7 Å². The van der Waals surface area contributed by atoms with E-state index < -0.39 is 5.91 Å². The van der Waals surface area contributed by atoms with Crippen molar-refractivity contribution >= 4 is 39.2 Å². The molecule has 0 bridgehead atoms. The minimum absolute atomic E-state index is 0.208. The zero-order valence-electron chi connectivity index (χ0n) is 20.9. The molecule has 4 aromatic carbocycles. The Balaban J connectivity index is 1.38. The van der Waals surface area contributed by atoms with Crippen molar-refractivity contribution in [2.45, 2.75) is 6.92 Å². The van der Waals surface area contributed by atoms with Crippen LogP contribution in [0.1, 0.15) is 27.6 Å². The summed E-state index contributed by atoms with van der Waals surface area (Å²) in [6.07, 6.45) is 1.62. The standard InChI is InChI=1S/C30H25N3O5/c1-3-37-22-10-7-21(8-11-22)33-30(35)20-5-4-19-15-23(9-6-18(19)14-20)38-27-12-13-32-26-17-28(36-2)25(29(31)34)16-24(26)27/h4-17H,3H2,1-2H3,(H2,31,34)(H,33,35). The largest absolute Gasteiger partial charge is 0.496 e. The lowest BCUT2D eigenvalue weighted by Crippen LogP contribution is -2.12. The highest BCUT2D eigenvalue weighted by molar-refractivity contribution is 6.06. The van der Waals surface area contributed by atoms with Crippen LogP contribution >= 0.6 is 0 Å². The van der Waals surface area contributed by atoms with Crippen LogP contribution in [0.3, 0.4) is 0 Å². The summed E-state index contributed by atoms with van der Waals surface area (Å²) < 4.78 is 16.9. The summed E-state index contributed by atoms with van der Waals surface area (Å²) in [5.74, 6) is 1.40. The number of benzene rings is 4. The first kappa shape index (κ1) is 24.6. The summed E-state index contributed by atoms with van der Waals surface area (Å²) in [7, 11) is 1.47. The Hall–Kier alpha value is -5.11. The molecule has 0 fully saturated rings. The number of carbonyl (C=O) groups excluding carboxylic acids is 2. The average molecular weight is 508 g/mol. The highest BCUT2D eigenvalue weighted by atomic mass is 16.5. The number of nitrogens with two attached hydrogens (primary N) is 1. The zero-order valence-corrected chi connectivity index (χ0v) is 20.9. The van der Waals surface area contributed by atoms with Gasteiger partial charge in [0.15, 0.2) is 0 Å². The maximum absolute atomic E-state index is 12.8. The van der Waals surface area contributed by atoms with Crippen LogP contribution in [0.5, 0.6) is 23.0 Å². The molecular weight excluding hydrogens is 482 g/mol. The first-order valence-electron chi connectivity index (χ1n) is 12.0. The second-order valence-electron chi connectivity index (χ2n) is 8.48. The molecule has 8 nitrogen and oxygen atoms in total. The molecule has 190 valence electrons. The van der Waals surface area contributed by atoms with Gasteiger partial charge in [-0.1, -0.05) is 12.1 Å². The van der Waals surface area contributed by atoms with Crippen molar-refractivity contribution in [3.8, 4) is 23.0 Å². The summed E-state index contributed by atoms with van der Waals surface area (Å²) >= 11 is 0. The van der Waals surface area contributed by atoms with Gasteiger partial charge in [0, 0.05) is 28.9 Å². The Morgan fingerprint density at radius 1 is 0.868 bits per heavy atom. The van der Waals surface area contributed by atoms with Crippen molar-refractivity contribution in [2.75, 3.05) is 19.0 Å². The minimum atomic E-state index is -0.605. The van der Waals surface area contributed by atoms with Gasteiger partial charge in [-0.05, 0) is 78.4 Å². The van der Waals surface area contributed by atoms with E-state index in [0.29, 0.717) is 46.0 Å². The first-order chi connectivity index (χ1) is 18.4. The Morgan fingerprint density at radius 2 is 1.61 bits per heavy atom. The van der Waals surface area contributed by atoms with E-state index in [4.69, 9.17) is 19.9 Å². The molecule has 0 aliphatic rings. The molecule has 0 aliphatic carbocycles. The quantitative estimate of drug-likeness (QED) is 0.269. The number of aromatic nitrogens is 1. The maximum Gasteiger partial charge on any atom is 0.255 e. The fourth-order valence-electron chi connectivity index (χ4n) is 4.16. The van der Waals surface area contributed by atoms with E-state index in [0.717, 1.165) is 16.5 Å². The van der Waals surface area contributed by atoms with Gasteiger partial charge >= 0.3 is 0 Å². The molecule has 0 saturated heterocycles. The predicted octanol–water partition coefficient (Wildman–Crippen LogP) is 5.94. The molecule has 8 heteroatoms. The van der Waals surface area contributed by atoms with Gasteiger partial charge < -0.3 is 25.3 Å². The molecule has 0 radical (unpaired) electrons. The van der Waals surface area contributed by atoms with Gasteiger partial charge in [0.05, 0.1) is 24.8 Å². The Labute approximate surface area is 219 Å². The summed E-state index contributed by atoms with van der Waals surface area (Å²) in [6.45, 7) is 2.50. The molecule has 2 amide bonds. The van der Waals surface area contributed by atoms with E-state index in [-0.39, 0.29) is 11.5 Å². The zero-order chi connectivity index (χ0) is 26.6. The number of fused-ring (bicyclic) bond motifs is 2. The predicted molar refractivity (Wildman–Crippen MR) is 146 cm³/mol. The highest BCUT2D eigenvalue weighted by Crippen LogP contribution is 2.34. The van der Waals surface area contributed by atoms with Crippen LogP contribution in [0.15, 0.2) is 85.1 Å². The normalized spacial score (nSPS) is 10.8. The van der Waals surface area contributed by atoms with Gasteiger partial charge in [-0.25, -0.2) is 0 Å². The van der Waals surface area contributed by atoms with Crippen molar-refractivity contribution in [1.82, 2.24) is 4.98 Å². The molecule has 3 N–H and O–H groups in total. The maximum atomic E-state index is 12.8. The van der Waals surface area contributed by atoms with Crippen molar-refractivity contribution in [1.29, 1.82) is 0 Å². The van der Waals surface area contributed by atoms with E-state index >= 15 is 0 Å². The van der Waals surface area contributed by atoms with Crippen molar-refractivity contribution in [3.05, 3.63) is 96.2 Å². The number of hydrogen-bond acceptors (Lipinski definition) is 6. The van der Waals surface area contributed by atoms with Gasteiger partial charge in [0.25, 0.3) is 11.8 Å². The Bertz CT molecular complexity index is 1670. The molecule has 0 spiro atoms. The van der Waals surface area contributed by atoms with E-state index in [2.05, 4.69) is 10.3 Å². The Kier molecular flexibility index (Phi) is 6.78. The molecule has 0 unspecified atom stereocenters. The van der Waals surface area contributed by atoms with E-state index in [1.807, 2.05) is 49.4 Å². The van der Waals surface area contributed by atoms with Crippen LogP contribution in [0.2, 0.25) is 0 Å². The van der Waals surface area contributed by atoms with Gasteiger partial charge in [0.1, 0.15) is 23.0 Å². The second-order valence-corrected chi connectivity index (χ2v) is 8.48. The third-order valence-corrected chi connectivity index (χ3v) is 6.01. The number of amides is 2. The molecule has 1 aromatic heterocycles. The number of nitrogens with zero attached hydrogens (tertiary/aromatic N) is 1. The van der Waals surface area contributed by atoms with Crippen LogP contribution in [0.4, 0.5) is 5.69 Å². The van der Waals surface area contributed by atoms with Gasteiger partial charge in [-0.2, -0.15) is 0 Å². The molecule has 0 atom stereocenters. The van der Waals surface area contributed by atoms with Gasteiger partial charge in [-0.3, -0.25) is 14.6 Å². The number of pyridine rings is 1. The summed E-state index contributed by atoms with van der Waals surface area (Å²) in [5, 5.41) is 5.32. The molecule has 0 aliphatic heterocycles. The number of primary amides is 1. The molecule has 5 aromatic rings. The van der Waals surface area contributed by atoms with Crippen molar-refractivity contribution in [3.63, 3.8) is 0 Å². The summed E-state index contributed by atoms with van der Waals surface area (Å²) in [5.41, 5.74) is 7.59. The number of nitrogens with one attached hydrogen (secondary N) is 1. The van der Waals surface area contributed by atoms with E-state index in [1.165, 1.54) is 7.11 Å². The number of anilines is 1. The molecule has 38 heavy (non-hydrogen) atoms. The molecule has 1 heterocycles. The summed E-state index contributed by atoms with van der Waals surface area (Å²) in [6, 6.07) is 23.3. The molecular formula is C30H25N3O5. The SMILES string of the molecule is CCOc1ccc(NC(=O)c2ccc3cc(Oc4ccnc5cc(OC)c(C(N)=O)cc45)ccc3c2)cc1. The van der Waals surface area contributed by atoms with Crippen LogP contribution in [-0.4, -0.2) is 30.5 Å². The number of carbonyl (C=O) groups is 2. The Morgan fingerprint density at radius 3 is 2.34 bits per heavy atom. The third kappa shape index (κ3) is 5.05. The van der Waals surface area contributed by atoms with Crippen LogP contribution < -0.4 is 25.3 Å². The fraction of sp³-hybridized carbons (Fsp3) is 0.100. The number of ether oxygens (including phenoxy) is 3. The monoisotopic (exact) mass is 507 g/mol. The number of rotatable bonds is 8. The first-order valence-corrected chi connectivity index (χ1v) is 12.0. The lowest BCUT2D eigenvalue weighted by atomic mass is 10.1. The number of hydrogen-bond donors (Lipinski definition) is 2. The van der Waals surface area contributed by atoms with Crippen molar-refractivity contribution < 1.29 is 23.8 Å². The minimum Gasteiger partial charge on any atom is -0.496 e. The molecule has 0 saturated carbocycles. The lowest BCUT2D eigenvalue weighted by molar-refractivity contribution is 0.0995. The topological polar surface area (TPSA) is 113 Å². The van der Waals surface area contributed by atoms with E-state index in [1.54, 1.807) is 42.6 Å². The fourth-order valence-corrected chi connectivity index (χ4v) is 4.16.